The Balaban J connectivity index is 1.65. The number of ether oxygens (including phenoxy) is 4. The van der Waals surface area contributed by atoms with E-state index < -0.39 is 33.7 Å². The number of sulfonamides is 1. The molecule has 0 aliphatic carbocycles. The molecular weight excluding hydrogens is 628 g/mol. The Labute approximate surface area is 277 Å². The molecular formula is C32H46N6O8S. The van der Waals surface area contributed by atoms with Gasteiger partial charge in [-0.2, -0.15) is 15.0 Å². The second-order valence-corrected chi connectivity index (χ2v) is 13.0. The first-order valence-electron chi connectivity index (χ1n) is 15.0. The van der Waals surface area contributed by atoms with Crippen LogP contribution in [0.25, 0.3) is 0 Å². The minimum absolute atomic E-state index is 0.0483. The quantitative estimate of drug-likeness (QED) is 0.108. The van der Waals surface area contributed by atoms with Gasteiger partial charge in [-0.15, -0.1) is 12.3 Å². The van der Waals surface area contributed by atoms with Gasteiger partial charge in [-0.05, 0) is 69.3 Å². The van der Waals surface area contributed by atoms with Crippen molar-refractivity contribution >= 4 is 39.1 Å². The van der Waals surface area contributed by atoms with Crippen molar-refractivity contribution in [1.82, 2.24) is 15.4 Å². The van der Waals surface area contributed by atoms with E-state index >= 15 is 0 Å². The van der Waals surface area contributed by atoms with Crippen molar-refractivity contribution in [3.63, 3.8) is 0 Å². The fourth-order valence-corrected chi connectivity index (χ4v) is 4.83. The van der Waals surface area contributed by atoms with Gasteiger partial charge in [0.1, 0.15) is 11.6 Å². The van der Waals surface area contributed by atoms with Gasteiger partial charge >= 0.3 is 6.09 Å². The molecule has 2 rings (SSSR count). The number of carbonyl (C=O) groups is 2. The standard InChI is InChI=1S/C32H46N6O8S/c1-7-8-29(30(39)33-17-19-43-21-23-45-24-22-44-20-18-34-31(40)46-32(2,3)4)37-47(41,42)28-15-11-26(12-16-28)36-35-25-9-13-27(14-10-25)38(5)6/h1,9-16,29,37H,8,17-24H2,2-6H3,(H,33,39)(H,34,40)/t29-/m0/s1. The molecule has 0 heterocycles. The number of carbonyl (C=O) groups excluding carboxylic acids is 2. The maximum Gasteiger partial charge on any atom is 0.407 e. The molecule has 0 spiro atoms. The van der Waals surface area contributed by atoms with Crippen LogP contribution in [0.5, 0.6) is 0 Å². The van der Waals surface area contributed by atoms with Crippen molar-refractivity contribution in [3.8, 4) is 12.3 Å². The molecule has 0 radical (unpaired) electrons. The summed E-state index contributed by atoms with van der Waals surface area (Å²) >= 11 is 0. The van der Waals surface area contributed by atoms with E-state index in [-0.39, 0.29) is 31.1 Å². The number of terminal acetylenes is 1. The number of rotatable bonds is 20. The van der Waals surface area contributed by atoms with Crippen molar-refractivity contribution < 1.29 is 37.0 Å². The molecule has 47 heavy (non-hydrogen) atoms. The zero-order chi connectivity index (χ0) is 34.7. The normalized spacial score (nSPS) is 12.3. The van der Waals surface area contributed by atoms with Crippen LogP contribution in [0.15, 0.2) is 63.7 Å². The van der Waals surface area contributed by atoms with Crippen LogP contribution in [-0.4, -0.2) is 98.9 Å². The number of hydrogen-bond acceptors (Lipinski definition) is 11. The fourth-order valence-electron chi connectivity index (χ4n) is 3.64. The molecule has 2 aromatic carbocycles. The van der Waals surface area contributed by atoms with Gasteiger partial charge in [0.2, 0.25) is 15.9 Å². The fraction of sp³-hybridized carbons (Fsp3) is 0.500. The highest BCUT2D eigenvalue weighted by Gasteiger charge is 2.25. The monoisotopic (exact) mass is 674 g/mol. The molecule has 2 amide bonds. The summed E-state index contributed by atoms with van der Waals surface area (Å²) in [7, 11) is -0.172. The third-order valence-corrected chi connectivity index (χ3v) is 7.42. The molecule has 0 bridgehead atoms. The second kappa shape index (κ2) is 20.2. The highest BCUT2D eigenvalue weighted by atomic mass is 32.2. The lowest BCUT2D eigenvalue weighted by atomic mass is 10.2. The summed E-state index contributed by atoms with van der Waals surface area (Å²) < 4.78 is 49.6. The lowest BCUT2D eigenvalue weighted by Crippen LogP contribution is -2.47. The minimum Gasteiger partial charge on any atom is -0.444 e. The van der Waals surface area contributed by atoms with E-state index in [0.717, 1.165) is 5.69 Å². The third kappa shape index (κ3) is 16.4. The van der Waals surface area contributed by atoms with Crippen LogP contribution >= 0.6 is 0 Å². The molecule has 0 saturated heterocycles. The zero-order valence-corrected chi connectivity index (χ0v) is 28.5. The molecule has 258 valence electrons. The van der Waals surface area contributed by atoms with E-state index in [9.17, 15) is 18.0 Å². The van der Waals surface area contributed by atoms with E-state index in [4.69, 9.17) is 25.4 Å². The molecule has 0 aliphatic rings. The Bertz CT molecular complexity index is 1420. The van der Waals surface area contributed by atoms with Gasteiger partial charge < -0.3 is 34.5 Å². The van der Waals surface area contributed by atoms with Crippen LogP contribution in [0.4, 0.5) is 21.9 Å². The van der Waals surface area contributed by atoms with Crippen molar-refractivity contribution in [2.24, 2.45) is 10.2 Å². The molecule has 2 aromatic rings. The van der Waals surface area contributed by atoms with Crippen LogP contribution in [0.3, 0.4) is 0 Å². The number of azo groups is 1. The van der Waals surface area contributed by atoms with E-state index in [0.29, 0.717) is 44.3 Å². The molecule has 1 atom stereocenters. The number of nitrogens with zero attached hydrogens (tertiary/aromatic N) is 3. The Morgan fingerprint density at radius 1 is 0.830 bits per heavy atom. The van der Waals surface area contributed by atoms with Gasteiger partial charge in [0.15, 0.2) is 0 Å². The molecule has 3 N–H and O–H groups in total. The molecule has 15 heteroatoms. The van der Waals surface area contributed by atoms with Crippen LogP contribution in [0.1, 0.15) is 27.2 Å². The van der Waals surface area contributed by atoms with Gasteiger partial charge in [-0.3, -0.25) is 4.79 Å². The molecule has 0 aromatic heterocycles. The van der Waals surface area contributed by atoms with Gasteiger partial charge in [-0.25, -0.2) is 13.2 Å². The maximum absolute atomic E-state index is 13.0. The summed E-state index contributed by atoms with van der Waals surface area (Å²) in [5.74, 6) is 1.76. The number of nitrogens with one attached hydrogen (secondary N) is 3. The molecule has 14 nitrogen and oxygen atoms in total. The summed E-state index contributed by atoms with van der Waals surface area (Å²) in [6.07, 6.45) is 4.75. The summed E-state index contributed by atoms with van der Waals surface area (Å²) in [6, 6.07) is 12.1. The third-order valence-electron chi connectivity index (χ3n) is 5.93. The number of amides is 2. The van der Waals surface area contributed by atoms with Crippen molar-refractivity contribution in [2.45, 2.75) is 43.7 Å². The lowest BCUT2D eigenvalue weighted by molar-refractivity contribution is -0.122. The Morgan fingerprint density at radius 3 is 1.81 bits per heavy atom. The molecule has 0 saturated carbocycles. The van der Waals surface area contributed by atoms with Crippen molar-refractivity contribution in [2.75, 3.05) is 71.7 Å². The van der Waals surface area contributed by atoms with E-state index in [1.54, 1.807) is 20.8 Å². The largest absolute Gasteiger partial charge is 0.444 e. The first kappa shape index (κ1) is 39.1. The highest BCUT2D eigenvalue weighted by molar-refractivity contribution is 7.89. The SMILES string of the molecule is C#CC[C@H](NS(=O)(=O)c1ccc(N=Nc2ccc(N(C)C)cc2)cc1)C(=O)NCCOCCOCCOCCNC(=O)OC(C)(C)C. The number of alkyl carbamates (subject to hydrolysis) is 1. The van der Waals surface area contributed by atoms with Crippen molar-refractivity contribution in [1.29, 1.82) is 0 Å². The van der Waals surface area contributed by atoms with E-state index in [1.807, 2.05) is 43.3 Å². The molecule has 0 aliphatic heterocycles. The Kier molecular flexibility index (Phi) is 16.8. The zero-order valence-electron chi connectivity index (χ0n) is 27.7. The van der Waals surface area contributed by atoms with Gasteiger partial charge in [0.05, 0.1) is 55.9 Å². The van der Waals surface area contributed by atoms with E-state index in [1.165, 1.54) is 24.3 Å². The summed E-state index contributed by atoms with van der Waals surface area (Å²) in [5.41, 5.74) is 1.59. The number of benzene rings is 2. The average molecular weight is 675 g/mol. The van der Waals surface area contributed by atoms with Crippen LogP contribution < -0.4 is 20.3 Å². The van der Waals surface area contributed by atoms with Gasteiger partial charge in [0.25, 0.3) is 0 Å². The summed E-state index contributed by atoms with van der Waals surface area (Å²) in [6.45, 7) is 7.63. The van der Waals surface area contributed by atoms with Crippen LogP contribution in [-0.2, 0) is 33.8 Å². The first-order valence-corrected chi connectivity index (χ1v) is 16.5. The second-order valence-electron chi connectivity index (χ2n) is 11.2. The molecule has 0 fully saturated rings. The molecule has 0 unspecified atom stereocenters. The van der Waals surface area contributed by atoms with Crippen LogP contribution in [0, 0.1) is 12.3 Å². The highest BCUT2D eigenvalue weighted by Crippen LogP contribution is 2.22. The minimum atomic E-state index is -4.06. The van der Waals surface area contributed by atoms with E-state index in [2.05, 4.69) is 31.5 Å². The smallest absolute Gasteiger partial charge is 0.407 e. The van der Waals surface area contributed by atoms with Gasteiger partial charge in [-0.1, -0.05) is 0 Å². The number of hydrogen-bond donors (Lipinski definition) is 3. The topological polar surface area (TPSA) is 169 Å². The number of anilines is 1. The predicted molar refractivity (Wildman–Crippen MR) is 179 cm³/mol. The first-order chi connectivity index (χ1) is 22.3. The Morgan fingerprint density at radius 2 is 1.32 bits per heavy atom. The Hall–Kier alpha value is -4.07. The van der Waals surface area contributed by atoms with Crippen LogP contribution in [0.2, 0.25) is 0 Å². The average Bonchev–Trinajstić information content (AvgIpc) is 3.01. The van der Waals surface area contributed by atoms with Gasteiger partial charge in [0, 0.05) is 39.3 Å². The summed E-state index contributed by atoms with van der Waals surface area (Å²) in [4.78, 5) is 26.1. The van der Waals surface area contributed by atoms with Crippen molar-refractivity contribution in [3.05, 3.63) is 48.5 Å². The lowest BCUT2D eigenvalue weighted by Gasteiger charge is -2.19. The predicted octanol–water partition coefficient (Wildman–Crippen LogP) is 3.53. The maximum atomic E-state index is 13.0. The summed E-state index contributed by atoms with van der Waals surface area (Å²) in [5, 5.41) is 13.6.